The van der Waals surface area contributed by atoms with E-state index >= 15 is 0 Å². The second kappa shape index (κ2) is 8.89. The zero-order valence-electron chi connectivity index (χ0n) is 17.7. The van der Waals surface area contributed by atoms with Crippen LogP contribution in [0.5, 0.6) is 5.75 Å². The molecule has 1 fully saturated rings. The van der Waals surface area contributed by atoms with E-state index < -0.39 is 17.7 Å². The summed E-state index contributed by atoms with van der Waals surface area (Å²) in [6.45, 7) is 4.27. The molecule has 0 aromatic heterocycles. The molecule has 1 aliphatic heterocycles. The van der Waals surface area contributed by atoms with Gasteiger partial charge < -0.3 is 9.84 Å². The van der Waals surface area contributed by atoms with Gasteiger partial charge in [0.1, 0.15) is 11.5 Å². The molecule has 0 spiro atoms. The summed E-state index contributed by atoms with van der Waals surface area (Å²) in [6.07, 6.45) is 0. The number of rotatable bonds is 5. The lowest BCUT2D eigenvalue weighted by Gasteiger charge is -2.26. The van der Waals surface area contributed by atoms with Crippen molar-refractivity contribution in [3.63, 3.8) is 0 Å². The fourth-order valence-electron chi connectivity index (χ4n) is 3.81. The summed E-state index contributed by atoms with van der Waals surface area (Å²) in [6, 6.07) is 20.3. The van der Waals surface area contributed by atoms with Gasteiger partial charge in [0, 0.05) is 16.3 Å². The lowest BCUT2D eigenvalue weighted by atomic mass is 9.95. The molecular formula is C26H22ClNO4. The number of carbonyl (C=O) groups is 2. The molecule has 3 aromatic rings. The number of aliphatic hydroxyl groups is 1. The van der Waals surface area contributed by atoms with E-state index in [-0.39, 0.29) is 11.3 Å². The predicted octanol–water partition coefficient (Wildman–Crippen LogP) is 5.67. The van der Waals surface area contributed by atoms with Gasteiger partial charge in [-0.05, 0) is 49.2 Å². The van der Waals surface area contributed by atoms with Crippen LogP contribution < -0.4 is 9.64 Å². The molecule has 0 saturated carbocycles. The first-order chi connectivity index (χ1) is 15.4. The quantitative estimate of drug-likeness (QED) is 0.310. The highest BCUT2D eigenvalue weighted by molar-refractivity contribution is 6.51. The Labute approximate surface area is 191 Å². The van der Waals surface area contributed by atoms with Crippen molar-refractivity contribution in [3.8, 4) is 5.75 Å². The topological polar surface area (TPSA) is 66.8 Å². The molecule has 0 aliphatic carbocycles. The van der Waals surface area contributed by atoms with Crippen molar-refractivity contribution in [2.24, 2.45) is 0 Å². The van der Waals surface area contributed by atoms with E-state index in [2.05, 4.69) is 0 Å². The number of anilines is 1. The monoisotopic (exact) mass is 447 g/mol. The van der Waals surface area contributed by atoms with Crippen LogP contribution in [-0.4, -0.2) is 23.4 Å². The van der Waals surface area contributed by atoms with Gasteiger partial charge in [-0.1, -0.05) is 60.1 Å². The molecular weight excluding hydrogens is 426 g/mol. The van der Waals surface area contributed by atoms with Crippen LogP contribution in [0.25, 0.3) is 5.76 Å². The average molecular weight is 448 g/mol. The van der Waals surface area contributed by atoms with Crippen molar-refractivity contribution in [2.75, 3.05) is 11.5 Å². The number of aryl methyl sites for hydroxylation is 1. The maximum atomic E-state index is 13.2. The Morgan fingerprint density at radius 1 is 1.03 bits per heavy atom. The van der Waals surface area contributed by atoms with Gasteiger partial charge in [0.2, 0.25) is 0 Å². The number of ketones is 1. The van der Waals surface area contributed by atoms with Crippen LogP contribution in [0.3, 0.4) is 0 Å². The first-order valence-electron chi connectivity index (χ1n) is 10.3. The molecule has 32 heavy (non-hydrogen) atoms. The number of amides is 1. The highest BCUT2D eigenvalue weighted by Crippen LogP contribution is 2.43. The minimum atomic E-state index is -0.815. The molecule has 6 heteroatoms. The number of ether oxygens (including phenoxy) is 1. The van der Waals surface area contributed by atoms with Crippen LogP contribution in [0.15, 0.2) is 78.4 Å². The van der Waals surface area contributed by atoms with Crippen LogP contribution in [0, 0.1) is 6.92 Å². The van der Waals surface area contributed by atoms with Crippen LogP contribution in [0.4, 0.5) is 5.69 Å². The number of halogens is 1. The van der Waals surface area contributed by atoms with Crippen LogP contribution in [-0.2, 0) is 9.59 Å². The largest absolute Gasteiger partial charge is 0.507 e. The molecule has 3 aromatic carbocycles. The molecule has 4 rings (SSSR count). The van der Waals surface area contributed by atoms with Gasteiger partial charge in [0.05, 0.1) is 18.2 Å². The number of benzene rings is 3. The van der Waals surface area contributed by atoms with Crippen molar-refractivity contribution in [2.45, 2.75) is 19.9 Å². The summed E-state index contributed by atoms with van der Waals surface area (Å²) in [5.41, 5.74) is 2.50. The zero-order valence-corrected chi connectivity index (χ0v) is 18.5. The maximum absolute atomic E-state index is 13.2. The first kappa shape index (κ1) is 21.7. The minimum absolute atomic E-state index is 0.0297. The Balaban J connectivity index is 1.91. The normalized spacial score (nSPS) is 17.6. The predicted molar refractivity (Wildman–Crippen MR) is 125 cm³/mol. The van der Waals surface area contributed by atoms with Gasteiger partial charge >= 0.3 is 0 Å². The zero-order chi connectivity index (χ0) is 22.8. The number of carbonyl (C=O) groups excluding carboxylic acids is 2. The summed E-state index contributed by atoms with van der Waals surface area (Å²) in [5.74, 6) is -1.01. The Morgan fingerprint density at radius 3 is 2.34 bits per heavy atom. The third-order valence-corrected chi connectivity index (χ3v) is 5.84. The Kier molecular flexibility index (Phi) is 6.01. The number of aliphatic hydroxyl groups excluding tert-OH is 1. The number of Topliss-reactive ketones (excluding diaryl/α,β-unsaturated/α-hetero) is 1. The molecule has 0 unspecified atom stereocenters. The van der Waals surface area contributed by atoms with E-state index in [9.17, 15) is 14.7 Å². The summed E-state index contributed by atoms with van der Waals surface area (Å²) in [7, 11) is 0. The minimum Gasteiger partial charge on any atom is -0.507 e. The summed E-state index contributed by atoms with van der Waals surface area (Å²) in [5, 5.41) is 11.6. The summed E-state index contributed by atoms with van der Waals surface area (Å²) in [4.78, 5) is 27.7. The smallest absolute Gasteiger partial charge is 0.300 e. The lowest BCUT2D eigenvalue weighted by Crippen LogP contribution is -2.29. The molecule has 0 radical (unpaired) electrons. The van der Waals surface area contributed by atoms with E-state index in [1.54, 1.807) is 66.7 Å². The van der Waals surface area contributed by atoms with Gasteiger partial charge in [-0.15, -0.1) is 0 Å². The van der Waals surface area contributed by atoms with E-state index in [1.165, 1.54) is 4.90 Å². The van der Waals surface area contributed by atoms with Gasteiger partial charge in [0.25, 0.3) is 11.7 Å². The number of hydrogen-bond acceptors (Lipinski definition) is 4. The molecule has 1 atom stereocenters. The molecule has 1 heterocycles. The van der Waals surface area contributed by atoms with Crippen molar-refractivity contribution < 1.29 is 19.4 Å². The van der Waals surface area contributed by atoms with Gasteiger partial charge in [-0.2, -0.15) is 0 Å². The van der Waals surface area contributed by atoms with E-state index in [4.69, 9.17) is 16.3 Å². The van der Waals surface area contributed by atoms with Crippen LogP contribution >= 0.6 is 11.6 Å². The fraction of sp³-hybridized carbons (Fsp3) is 0.154. The highest BCUT2D eigenvalue weighted by atomic mass is 35.5. The number of hydrogen-bond donors (Lipinski definition) is 1. The molecule has 1 saturated heterocycles. The fourth-order valence-corrected chi connectivity index (χ4v) is 3.99. The van der Waals surface area contributed by atoms with Crippen molar-refractivity contribution in [1.29, 1.82) is 0 Å². The van der Waals surface area contributed by atoms with Crippen molar-refractivity contribution in [1.82, 2.24) is 0 Å². The Bertz CT molecular complexity index is 1200. The maximum Gasteiger partial charge on any atom is 0.300 e. The lowest BCUT2D eigenvalue weighted by molar-refractivity contribution is -0.132. The molecule has 1 amide bonds. The standard InChI is InChI=1S/C26H22ClNO4/c1-3-32-20-13-10-17(11-14-20)23-22(24(29)18-7-5-4-6-8-18)25(30)26(31)28(23)19-12-9-16(2)21(27)15-19/h4-15,23,29H,3H2,1-2H3/t23-/m0/s1. The Morgan fingerprint density at radius 2 is 1.72 bits per heavy atom. The van der Waals surface area contributed by atoms with Crippen molar-refractivity contribution >= 4 is 34.7 Å². The second-order valence-corrected chi connectivity index (χ2v) is 7.88. The van der Waals surface area contributed by atoms with Crippen LogP contribution in [0.2, 0.25) is 5.02 Å². The summed E-state index contributed by atoms with van der Waals surface area (Å²) >= 11 is 6.32. The third-order valence-electron chi connectivity index (χ3n) is 5.43. The van der Waals surface area contributed by atoms with Gasteiger partial charge in [0.15, 0.2) is 0 Å². The van der Waals surface area contributed by atoms with Gasteiger partial charge in [-0.3, -0.25) is 14.5 Å². The molecule has 1 aliphatic rings. The van der Waals surface area contributed by atoms with Crippen LogP contribution in [0.1, 0.15) is 29.7 Å². The summed E-state index contributed by atoms with van der Waals surface area (Å²) < 4.78 is 5.52. The van der Waals surface area contributed by atoms with E-state index in [1.807, 2.05) is 19.9 Å². The first-order valence-corrected chi connectivity index (χ1v) is 10.7. The SMILES string of the molecule is CCOc1ccc([C@H]2C(=C(O)c3ccccc3)C(=O)C(=O)N2c2ccc(C)c(Cl)c2)cc1. The molecule has 1 N–H and O–H groups in total. The molecule has 0 bridgehead atoms. The molecule has 5 nitrogen and oxygen atoms in total. The van der Waals surface area contributed by atoms with E-state index in [0.29, 0.717) is 34.2 Å². The van der Waals surface area contributed by atoms with Gasteiger partial charge in [-0.25, -0.2) is 0 Å². The third kappa shape index (κ3) is 3.87. The average Bonchev–Trinajstić information content (AvgIpc) is 3.07. The number of nitrogens with zero attached hydrogens (tertiary/aromatic N) is 1. The van der Waals surface area contributed by atoms with Crippen molar-refractivity contribution in [3.05, 3.63) is 100 Å². The second-order valence-electron chi connectivity index (χ2n) is 7.47. The van der Waals surface area contributed by atoms with E-state index in [0.717, 1.165) is 5.56 Å². The Hall–Kier alpha value is -3.57. The highest BCUT2D eigenvalue weighted by Gasteiger charge is 2.47. The molecule has 162 valence electrons.